The van der Waals surface area contributed by atoms with Gasteiger partial charge in [-0.15, -0.1) is 0 Å². The molecule has 19 heteroatoms. The molecule has 0 saturated carbocycles. The van der Waals surface area contributed by atoms with Gasteiger partial charge < -0.3 is 41.3 Å². The summed E-state index contributed by atoms with van der Waals surface area (Å²) >= 11 is 5.91. The van der Waals surface area contributed by atoms with Crippen LogP contribution in [0.5, 0.6) is 0 Å². The number of likely N-dealkylation sites (N-methyl/N-ethyl adjacent to an activating group) is 2. The summed E-state index contributed by atoms with van der Waals surface area (Å²) in [6, 6.07) is 30.9. The summed E-state index contributed by atoms with van der Waals surface area (Å²) in [4.78, 5) is 48.4. The summed E-state index contributed by atoms with van der Waals surface area (Å²) in [7, 11) is 4.02. The molecule has 0 aliphatic carbocycles. The summed E-state index contributed by atoms with van der Waals surface area (Å²) in [5.74, 6) is -2.52. The largest absolute Gasteiger partial charge is 0.396 e. The Balaban J connectivity index is 0.000000166. The van der Waals surface area contributed by atoms with Crippen molar-refractivity contribution in [1.82, 2.24) is 29.7 Å². The van der Waals surface area contributed by atoms with Crippen molar-refractivity contribution in [1.29, 1.82) is 0 Å². The second-order valence-corrected chi connectivity index (χ2v) is 18.0. The zero-order chi connectivity index (χ0) is 53.2. The summed E-state index contributed by atoms with van der Waals surface area (Å²) in [5.41, 5.74) is 11.9. The number of rotatable bonds is 10. The predicted molar refractivity (Wildman–Crippen MR) is 292 cm³/mol. The highest BCUT2D eigenvalue weighted by Crippen LogP contribution is 2.33. The van der Waals surface area contributed by atoms with E-state index in [0.717, 1.165) is 76.9 Å². The maximum absolute atomic E-state index is 15.0. The van der Waals surface area contributed by atoms with Gasteiger partial charge in [-0.3, -0.25) is 9.59 Å². The highest BCUT2D eigenvalue weighted by Gasteiger charge is 2.22. The Kier molecular flexibility index (Phi) is 17.0. The van der Waals surface area contributed by atoms with Crippen molar-refractivity contribution < 1.29 is 27.2 Å². The van der Waals surface area contributed by atoms with Crippen LogP contribution in [0.15, 0.2) is 147 Å². The third kappa shape index (κ3) is 13.2. The van der Waals surface area contributed by atoms with Gasteiger partial charge in [0.2, 0.25) is 23.0 Å². The predicted octanol–water partition coefficient (Wildman–Crippen LogP) is 10.6. The molecule has 2 fully saturated rings. The van der Waals surface area contributed by atoms with Crippen molar-refractivity contribution in [2.75, 3.05) is 97.9 Å². The van der Waals surface area contributed by atoms with E-state index >= 15 is 4.39 Å². The van der Waals surface area contributed by atoms with Crippen LogP contribution in [0.4, 0.5) is 57.6 Å². The number of nitrogens with two attached hydrogens (primary N) is 1. The zero-order valence-corrected chi connectivity index (χ0v) is 41.9. The fourth-order valence-electron chi connectivity index (χ4n) is 8.42. The number of anilines is 7. The number of amides is 2. The second-order valence-electron chi connectivity index (χ2n) is 17.7. The van der Waals surface area contributed by atoms with Gasteiger partial charge in [0, 0.05) is 122 Å². The Morgan fingerprint density at radius 3 is 1.57 bits per heavy atom. The molecule has 2 aromatic heterocycles. The average Bonchev–Trinajstić information content (AvgIpc) is 3.41. The summed E-state index contributed by atoms with van der Waals surface area (Å²) < 4.78 is 56.9. The molecule has 4 heterocycles. The van der Waals surface area contributed by atoms with Crippen molar-refractivity contribution in [2.45, 2.75) is 0 Å². The van der Waals surface area contributed by atoms with Gasteiger partial charge in [-0.25, -0.2) is 37.5 Å². The first kappa shape index (κ1) is 52.9. The van der Waals surface area contributed by atoms with E-state index in [9.17, 15) is 22.8 Å². The Labute approximate surface area is 436 Å². The number of halogens is 5. The average molecular weight is 1040 g/mol. The minimum absolute atomic E-state index is 0.0404. The van der Waals surface area contributed by atoms with E-state index in [0.29, 0.717) is 48.8 Å². The maximum atomic E-state index is 15.0. The fourth-order valence-corrected chi connectivity index (χ4v) is 8.55. The molecule has 6 aromatic carbocycles. The molecule has 8 aromatic rings. The van der Waals surface area contributed by atoms with Crippen LogP contribution < -0.4 is 31.5 Å². The molecule has 0 radical (unpaired) electrons. The Bertz CT molecular complexity index is 3400. The van der Waals surface area contributed by atoms with Crippen LogP contribution in [-0.4, -0.2) is 108 Å². The van der Waals surface area contributed by atoms with E-state index in [1.807, 2.05) is 103 Å². The van der Waals surface area contributed by atoms with Gasteiger partial charge in [0.05, 0.1) is 33.8 Å². The SMILES string of the molecule is C=CC(=O)Nc1cccc(-c2cccc3cnc(Cl)nc23)c1.C=CC(=O)Nc1cccc(-c2cccc3cnc(Nc4cc(F)c(N5CCN(C)CC5)cc4F)nc23)c1.CN1CCN(c2cc(F)c(N)cc2F)CC1. The molecular weight excluding hydrogens is 984 g/mol. The van der Waals surface area contributed by atoms with E-state index in [1.54, 1.807) is 18.5 Å². The van der Waals surface area contributed by atoms with Gasteiger partial charge in [-0.2, -0.15) is 0 Å². The first-order valence-electron chi connectivity index (χ1n) is 23.8. The first-order chi connectivity index (χ1) is 36.2. The normalized spacial score (nSPS) is 13.7. The van der Waals surface area contributed by atoms with Crippen LogP contribution in [0.25, 0.3) is 44.1 Å². The number of nitrogens with zero attached hydrogens (tertiary/aromatic N) is 8. The van der Waals surface area contributed by atoms with Gasteiger partial charge in [-0.1, -0.05) is 73.8 Å². The molecule has 0 bridgehead atoms. The lowest BCUT2D eigenvalue weighted by atomic mass is 10.0. The van der Waals surface area contributed by atoms with E-state index in [4.69, 9.17) is 17.3 Å². The van der Waals surface area contributed by atoms with Gasteiger partial charge in [0.1, 0.15) is 23.3 Å². The molecule has 14 nitrogen and oxygen atoms in total. The molecule has 10 rings (SSSR count). The number of nitrogens with one attached hydrogen (secondary N) is 3. The minimum Gasteiger partial charge on any atom is -0.396 e. The quantitative estimate of drug-likeness (QED) is 0.0445. The third-order valence-electron chi connectivity index (χ3n) is 12.5. The number of piperazine rings is 2. The molecule has 0 spiro atoms. The standard InChI is InChI=1S/C28H26F2N6O.C17H12ClN3O.C11H15F2N3/c1-3-26(37)32-20-8-4-6-18(14-20)21-9-5-7-19-17-31-28(34-27(19)21)33-24-15-23(30)25(16-22(24)29)36-12-10-35(2)11-13-36;1-2-15(22)20-13-7-3-5-11(9-13)14-8-4-6-12-10-19-17(18)21-16(12)14;1-15-2-4-16(5-3-15)11-7-8(12)10(14)6-9(11)13/h3-9,14-17H,1,10-13H2,2H3,(H,32,37)(H,31,33,34);2-10H,1H2,(H,20,22);6-7H,2-5,14H2,1H3. The summed E-state index contributed by atoms with van der Waals surface area (Å²) in [6.45, 7) is 12.9. The van der Waals surface area contributed by atoms with Crippen molar-refractivity contribution >= 4 is 85.3 Å². The third-order valence-corrected chi connectivity index (χ3v) is 12.7. The molecule has 5 N–H and O–H groups in total. The van der Waals surface area contributed by atoms with Gasteiger partial charge in [0.25, 0.3) is 0 Å². The number of benzene rings is 6. The van der Waals surface area contributed by atoms with Crippen LogP contribution in [-0.2, 0) is 9.59 Å². The lowest BCUT2D eigenvalue weighted by Crippen LogP contribution is -2.44. The smallest absolute Gasteiger partial charge is 0.247 e. The number of aromatic nitrogens is 4. The van der Waals surface area contributed by atoms with Crippen LogP contribution in [0.2, 0.25) is 5.28 Å². The number of carbonyl (C=O) groups excluding carboxylic acids is 2. The summed E-state index contributed by atoms with van der Waals surface area (Å²) in [5, 5.41) is 10.2. The Hall–Kier alpha value is -8.45. The molecule has 0 unspecified atom stereocenters. The van der Waals surface area contributed by atoms with E-state index in [1.165, 1.54) is 24.3 Å². The van der Waals surface area contributed by atoms with Gasteiger partial charge in [0.15, 0.2) is 0 Å². The highest BCUT2D eigenvalue weighted by molar-refractivity contribution is 6.28. The van der Waals surface area contributed by atoms with Crippen LogP contribution in [0.3, 0.4) is 0 Å². The van der Waals surface area contributed by atoms with Crippen molar-refractivity contribution in [3.8, 4) is 22.3 Å². The van der Waals surface area contributed by atoms with Crippen LogP contribution in [0, 0.1) is 23.3 Å². The lowest BCUT2D eigenvalue weighted by molar-refractivity contribution is -0.112. The van der Waals surface area contributed by atoms with Crippen molar-refractivity contribution in [2.24, 2.45) is 0 Å². The molecule has 2 aliphatic rings. The van der Waals surface area contributed by atoms with Crippen molar-refractivity contribution in [3.05, 3.63) is 175 Å². The number of nitrogen functional groups attached to an aromatic ring is 1. The van der Waals surface area contributed by atoms with E-state index < -0.39 is 23.3 Å². The number of hydrogen-bond acceptors (Lipinski definition) is 12. The molecule has 75 heavy (non-hydrogen) atoms. The molecule has 2 amide bonds. The molecule has 384 valence electrons. The Morgan fingerprint density at radius 2 is 1.05 bits per heavy atom. The lowest BCUT2D eigenvalue weighted by Gasteiger charge is -2.34. The van der Waals surface area contributed by atoms with E-state index in [-0.39, 0.29) is 40.1 Å². The molecule has 2 aliphatic heterocycles. The second kappa shape index (κ2) is 24.1. The Morgan fingerprint density at radius 1 is 0.587 bits per heavy atom. The highest BCUT2D eigenvalue weighted by atomic mass is 35.5. The topological polar surface area (TPSA) is 161 Å². The van der Waals surface area contributed by atoms with Gasteiger partial charge >= 0.3 is 0 Å². The number of para-hydroxylation sites is 2. The molecular formula is C56H53ClF4N12O2. The number of hydrogen-bond donors (Lipinski definition) is 4. The van der Waals surface area contributed by atoms with Crippen molar-refractivity contribution in [3.63, 3.8) is 0 Å². The van der Waals surface area contributed by atoms with Crippen LogP contribution >= 0.6 is 11.6 Å². The molecule has 2 saturated heterocycles. The minimum atomic E-state index is -0.585. The fraction of sp³-hybridized carbons (Fsp3) is 0.179. The molecule has 0 atom stereocenters. The number of fused-ring (bicyclic) bond motifs is 2. The van der Waals surface area contributed by atoms with E-state index in [2.05, 4.69) is 58.8 Å². The number of carbonyl (C=O) groups is 2. The zero-order valence-electron chi connectivity index (χ0n) is 41.1. The first-order valence-corrected chi connectivity index (χ1v) is 24.2. The monoisotopic (exact) mass is 1040 g/mol. The van der Waals surface area contributed by atoms with Crippen LogP contribution in [0.1, 0.15) is 0 Å². The summed E-state index contributed by atoms with van der Waals surface area (Å²) in [6.07, 6.45) is 5.76. The van der Waals surface area contributed by atoms with Gasteiger partial charge in [-0.05, 0) is 73.2 Å². The maximum Gasteiger partial charge on any atom is 0.247 e.